The van der Waals surface area contributed by atoms with Crippen molar-refractivity contribution in [1.82, 2.24) is 15.6 Å². The lowest BCUT2D eigenvalue weighted by Crippen LogP contribution is -2.50. The van der Waals surface area contributed by atoms with Crippen molar-refractivity contribution >= 4 is 17.8 Å². The van der Waals surface area contributed by atoms with Gasteiger partial charge in [0.05, 0.1) is 0 Å². The summed E-state index contributed by atoms with van der Waals surface area (Å²) in [6.45, 7) is 6.08. The molecule has 0 aliphatic carbocycles. The maximum Gasteiger partial charge on any atom is 0.315 e. The molecule has 0 aliphatic heterocycles. The zero-order valence-corrected chi connectivity index (χ0v) is 14.7. The average Bonchev–Trinajstić information content (AvgIpc) is 2.60. The third kappa shape index (κ3) is 5.91. The van der Waals surface area contributed by atoms with E-state index in [9.17, 15) is 9.59 Å². The van der Waals surface area contributed by atoms with Crippen LogP contribution < -0.4 is 16.0 Å². The number of benzene rings is 1. The number of aromatic nitrogens is 1. The second-order valence-electron chi connectivity index (χ2n) is 6.24. The Morgan fingerprint density at radius 1 is 1.08 bits per heavy atom. The highest BCUT2D eigenvalue weighted by atomic mass is 16.2. The molecule has 0 saturated heterocycles. The largest absolute Gasteiger partial charge is 0.334 e. The quantitative estimate of drug-likeness (QED) is 0.756. The molecule has 1 atom stereocenters. The van der Waals surface area contributed by atoms with Crippen molar-refractivity contribution in [3.63, 3.8) is 0 Å². The minimum Gasteiger partial charge on any atom is -0.334 e. The molecule has 0 aliphatic rings. The van der Waals surface area contributed by atoms with E-state index in [2.05, 4.69) is 20.9 Å². The molecule has 6 nitrogen and oxygen atoms in total. The number of hydrogen-bond donors (Lipinski definition) is 3. The zero-order chi connectivity index (χ0) is 18.2. The van der Waals surface area contributed by atoms with Crippen LogP contribution in [-0.4, -0.2) is 23.0 Å². The summed E-state index contributed by atoms with van der Waals surface area (Å²) < 4.78 is 0. The number of carbonyl (C=O) groups excluding carboxylic acids is 2. The van der Waals surface area contributed by atoms with Crippen LogP contribution in [0.25, 0.3) is 0 Å². The van der Waals surface area contributed by atoms with Gasteiger partial charge in [-0.25, -0.2) is 9.78 Å². The molecule has 1 unspecified atom stereocenters. The molecule has 0 fully saturated rings. The summed E-state index contributed by atoms with van der Waals surface area (Å²) in [5, 5.41) is 8.23. The zero-order valence-electron chi connectivity index (χ0n) is 14.7. The van der Waals surface area contributed by atoms with E-state index in [0.717, 1.165) is 11.1 Å². The molecule has 0 spiro atoms. The first-order valence-corrected chi connectivity index (χ1v) is 8.27. The highest BCUT2D eigenvalue weighted by molar-refractivity contribution is 5.96. The summed E-state index contributed by atoms with van der Waals surface area (Å²) in [7, 11) is 0. The molecule has 2 rings (SSSR count). The first-order valence-electron chi connectivity index (χ1n) is 8.27. The number of nitrogens with zero attached hydrogens (tertiary/aromatic N) is 1. The lowest BCUT2D eigenvalue weighted by molar-refractivity contribution is -0.118. The minimum atomic E-state index is -0.654. The van der Waals surface area contributed by atoms with Gasteiger partial charge in [0, 0.05) is 12.7 Å². The smallest absolute Gasteiger partial charge is 0.315 e. The Bertz CT molecular complexity index is 699. The highest BCUT2D eigenvalue weighted by Crippen LogP contribution is 2.08. The molecule has 2 aromatic rings. The molecule has 1 aromatic heterocycles. The summed E-state index contributed by atoms with van der Waals surface area (Å²) in [6, 6.07) is 12.2. The van der Waals surface area contributed by atoms with Gasteiger partial charge in [0.1, 0.15) is 11.9 Å². The number of hydrogen-bond acceptors (Lipinski definition) is 3. The molecule has 6 heteroatoms. The van der Waals surface area contributed by atoms with Gasteiger partial charge >= 0.3 is 6.03 Å². The number of aryl methyl sites for hydroxylation is 1. The number of pyridine rings is 1. The summed E-state index contributed by atoms with van der Waals surface area (Å²) >= 11 is 0. The second-order valence-corrected chi connectivity index (χ2v) is 6.24. The first-order chi connectivity index (χ1) is 12.0. The van der Waals surface area contributed by atoms with Crippen LogP contribution in [0.15, 0.2) is 48.7 Å². The number of anilines is 1. The number of carbonyl (C=O) groups is 2. The van der Waals surface area contributed by atoms with E-state index in [1.807, 2.05) is 57.2 Å². The number of rotatable bonds is 6. The number of amides is 3. The van der Waals surface area contributed by atoms with Crippen molar-refractivity contribution < 1.29 is 9.59 Å². The summed E-state index contributed by atoms with van der Waals surface area (Å²) in [5.41, 5.74) is 2.00. The molecule has 132 valence electrons. The van der Waals surface area contributed by atoms with Crippen LogP contribution in [-0.2, 0) is 11.3 Å². The molecule has 3 amide bonds. The molecular weight excluding hydrogens is 316 g/mol. The van der Waals surface area contributed by atoms with E-state index < -0.39 is 6.04 Å². The first kappa shape index (κ1) is 18.4. The Hall–Kier alpha value is -2.89. The van der Waals surface area contributed by atoms with Crippen LogP contribution in [0.4, 0.5) is 10.6 Å². The molecule has 0 bridgehead atoms. The van der Waals surface area contributed by atoms with Crippen molar-refractivity contribution in [3.05, 3.63) is 59.8 Å². The third-order valence-electron chi connectivity index (χ3n) is 3.69. The van der Waals surface area contributed by atoms with Crippen LogP contribution >= 0.6 is 0 Å². The predicted molar refractivity (Wildman–Crippen MR) is 98.0 cm³/mol. The molecule has 1 aromatic carbocycles. The Balaban J connectivity index is 1.91. The molecule has 25 heavy (non-hydrogen) atoms. The third-order valence-corrected chi connectivity index (χ3v) is 3.69. The highest BCUT2D eigenvalue weighted by Gasteiger charge is 2.24. The van der Waals surface area contributed by atoms with Gasteiger partial charge in [-0.05, 0) is 30.0 Å². The second kappa shape index (κ2) is 8.82. The summed E-state index contributed by atoms with van der Waals surface area (Å²) in [5.74, 6) is 0.113. The molecule has 0 saturated carbocycles. The van der Waals surface area contributed by atoms with Crippen molar-refractivity contribution in [2.45, 2.75) is 33.4 Å². The normalized spacial score (nSPS) is 11.7. The fourth-order valence-corrected chi connectivity index (χ4v) is 2.25. The maximum absolute atomic E-state index is 12.5. The Kier molecular flexibility index (Phi) is 6.51. The van der Waals surface area contributed by atoms with Crippen molar-refractivity contribution in [2.24, 2.45) is 5.92 Å². The van der Waals surface area contributed by atoms with Crippen LogP contribution in [0, 0.1) is 12.8 Å². The van der Waals surface area contributed by atoms with E-state index in [0.29, 0.717) is 12.4 Å². The summed E-state index contributed by atoms with van der Waals surface area (Å²) in [6.07, 6.45) is 1.68. The molecule has 3 N–H and O–H groups in total. The standard InChI is InChI=1S/C19H24N4O2/c1-13(2)17(18(24)22-16-10-9-14(3)11-20-16)23-19(25)21-12-15-7-5-4-6-8-15/h4-11,13,17H,12H2,1-3H3,(H,20,22,24)(H2,21,23,25). The lowest BCUT2D eigenvalue weighted by Gasteiger charge is -2.21. The van der Waals surface area contributed by atoms with E-state index in [1.165, 1.54) is 0 Å². The lowest BCUT2D eigenvalue weighted by atomic mass is 10.0. The topological polar surface area (TPSA) is 83.1 Å². The monoisotopic (exact) mass is 340 g/mol. The van der Waals surface area contributed by atoms with Crippen LogP contribution in [0.5, 0.6) is 0 Å². The van der Waals surface area contributed by atoms with E-state index in [-0.39, 0.29) is 17.9 Å². The fourth-order valence-electron chi connectivity index (χ4n) is 2.25. The molecular formula is C19H24N4O2. The van der Waals surface area contributed by atoms with Gasteiger partial charge in [0.15, 0.2) is 0 Å². The average molecular weight is 340 g/mol. The fraction of sp³-hybridized carbons (Fsp3) is 0.316. The molecule has 0 radical (unpaired) electrons. The molecule has 1 heterocycles. The SMILES string of the molecule is Cc1ccc(NC(=O)C(NC(=O)NCc2ccccc2)C(C)C)nc1. The number of nitrogens with one attached hydrogen (secondary N) is 3. The van der Waals surface area contributed by atoms with Gasteiger partial charge in [0.25, 0.3) is 0 Å². The van der Waals surface area contributed by atoms with Crippen LogP contribution in [0.1, 0.15) is 25.0 Å². The van der Waals surface area contributed by atoms with Crippen molar-refractivity contribution in [2.75, 3.05) is 5.32 Å². The van der Waals surface area contributed by atoms with Crippen LogP contribution in [0.3, 0.4) is 0 Å². The predicted octanol–water partition coefficient (Wildman–Crippen LogP) is 2.85. The van der Waals surface area contributed by atoms with E-state index in [4.69, 9.17) is 0 Å². The van der Waals surface area contributed by atoms with Crippen LogP contribution in [0.2, 0.25) is 0 Å². The van der Waals surface area contributed by atoms with Gasteiger partial charge in [-0.2, -0.15) is 0 Å². The Morgan fingerprint density at radius 2 is 1.80 bits per heavy atom. The minimum absolute atomic E-state index is 0.0621. The maximum atomic E-state index is 12.5. The van der Waals surface area contributed by atoms with Gasteiger partial charge in [-0.3, -0.25) is 4.79 Å². The van der Waals surface area contributed by atoms with Gasteiger partial charge in [-0.15, -0.1) is 0 Å². The van der Waals surface area contributed by atoms with Gasteiger partial charge < -0.3 is 16.0 Å². The van der Waals surface area contributed by atoms with E-state index in [1.54, 1.807) is 12.3 Å². The van der Waals surface area contributed by atoms with Crippen molar-refractivity contribution in [1.29, 1.82) is 0 Å². The van der Waals surface area contributed by atoms with E-state index >= 15 is 0 Å². The summed E-state index contributed by atoms with van der Waals surface area (Å²) in [4.78, 5) is 28.7. The Labute approximate surface area is 148 Å². The van der Waals surface area contributed by atoms with Gasteiger partial charge in [0.2, 0.25) is 5.91 Å². The number of urea groups is 1. The van der Waals surface area contributed by atoms with Crippen molar-refractivity contribution in [3.8, 4) is 0 Å². The van der Waals surface area contributed by atoms with Gasteiger partial charge in [-0.1, -0.05) is 50.2 Å². The Morgan fingerprint density at radius 3 is 2.40 bits per heavy atom.